The van der Waals surface area contributed by atoms with Gasteiger partial charge < -0.3 is 16.6 Å². The molecule has 0 saturated heterocycles. The molecular formula is C9H13N3O4. The number of carboxylic acids is 1. The first-order valence-electron chi connectivity index (χ1n) is 4.33. The highest BCUT2D eigenvalue weighted by Gasteiger charge is 2.01. The Morgan fingerprint density at radius 2 is 1.81 bits per heavy atom. The molecule has 7 heteroatoms. The van der Waals surface area contributed by atoms with Crippen LogP contribution in [-0.4, -0.2) is 22.0 Å². The van der Waals surface area contributed by atoms with Crippen molar-refractivity contribution in [3.63, 3.8) is 0 Å². The molecule has 0 unspecified atom stereocenters. The number of hydrogen-bond donors (Lipinski definition) is 3. The summed E-state index contributed by atoms with van der Waals surface area (Å²) in [4.78, 5) is 19.2. The van der Waals surface area contributed by atoms with E-state index in [0.29, 0.717) is 5.69 Å². The zero-order valence-electron chi connectivity index (χ0n) is 8.66. The quantitative estimate of drug-likeness (QED) is 0.385. The predicted octanol–water partition coefficient (Wildman–Crippen LogP) is 0.595. The molecule has 0 radical (unpaired) electrons. The number of hydrogen-bond acceptors (Lipinski definition) is 5. The Kier molecular flexibility index (Phi) is 5.50. The van der Waals surface area contributed by atoms with Gasteiger partial charge in [-0.15, -0.1) is 0 Å². The fraction of sp³-hybridized carbons (Fsp3) is 0.222. The summed E-state index contributed by atoms with van der Waals surface area (Å²) < 4.78 is 0. The number of nitro groups is 1. The van der Waals surface area contributed by atoms with Gasteiger partial charge in [0.1, 0.15) is 6.04 Å². The highest BCUT2D eigenvalue weighted by molar-refractivity contribution is 5.72. The third kappa shape index (κ3) is 5.55. The van der Waals surface area contributed by atoms with Gasteiger partial charge in [0.05, 0.1) is 4.92 Å². The number of rotatable bonds is 2. The smallest absolute Gasteiger partial charge is 0.320 e. The van der Waals surface area contributed by atoms with Crippen molar-refractivity contribution >= 4 is 17.3 Å². The van der Waals surface area contributed by atoms with E-state index in [2.05, 4.69) is 0 Å². The molecule has 1 aromatic rings. The topological polar surface area (TPSA) is 132 Å². The van der Waals surface area contributed by atoms with Crippen molar-refractivity contribution in [1.82, 2.24) is 0 Å². The maximum absolute atomic E-state index is 10.1. The summed E-state index contributed by atoms with van der Waals surface area (Å²) in [5.74, 6) is -0.963. The molecule has 7 nitrogen and oxygen atoms in total. The Bertz CT molecular complexity index is 362. The number of aliphatic carboxylic acids is 1. The Hall–Kier alpha value is -2.15. The standard InChI is InChI=1S/C6H6N2O2.C3H7NO2/c7-5-1-3-6(4-2-5)8(9)10;1-2(4)3(5)6/h1-4H,7H2;2H,4H2,1H3,(H,5,6)/t;2-/m.0/s1. The number of nitrogens with two attached hydrogens (primary N) is 2. The van der Waals surface area contributed by atoms with Gasteiger partial charge in [0.2, 0.25) is 0 Å². The van der Waals surface area contributed by atoms with E-state index in [4.69, 9.17) is 16.6 Å². The monoisotopic (exact) mass is 227 g/mol. The van der Waals surface area contributed by atoms with Gasteiger partial charge in [0, 0.05) is 17.8 Å². The van der Waals surface area contributed by atoms with Gasteiger partial charge in [-0.3, -0.25) is 14.9 Å². The second-order valence-electron chi connectivity index (χ2n) is 2.98. The molecule has 0 aliphatic heterocycles. The van der Waals surface area contributed by atoms with Crippen LogP contribution in [0.25, 0.3) is 0 Å². The fourth-order valence-electron chi connectivity index (χ4n) is 0.596. The Morgan fingerprint density at radius 3 is 2.06 bits per heavy atom. The summed E-state index contributed by atoms with van der Waals surface area (Å²) >= 11 is 0. The summed E-state index contributed by atoms with van der Waals surface area (Å²) in [7, 11) is 0. The van der Waals surface area contributed by atoms with Gasteiger partial charge in [0.25, 0.3) is 5.69 Å². The lowest BCUT2D eigenvalue weighted by Gasteiger charge is -1.90. The van der Waals surface area contributed by atoms with E-state index in [9.17, 15) is 14.9 Å². The average molecular weight is 227 g/mol. The summed E-state index contributed by atoms with van der Waals surface area (Å²) in [6, 6.07) is 5.01. The van der Waals surface area contributed by atoms with Crippen LogP contribution in [0.2, 0.25) is 0 Å². The second kappa shape index (κ2) is 6.36. The van der Waals surface area contributed by atoms with Crippen molar-refractivity contribution in [3.05, 3.63) is 34.4 Å². The number of non-ortho nitro benzene ring substituents is 1. The SMILES string of the molecule is C[C@H](N)C(=O)O.Nc1ccc([N+](=O)[O-])cc1. The minimum absolute atomic E-state index is 0.0641. The van der Waals surface area contributed by atoms with Gasteiger partial charge >= 0.3 is 5.97 Å². The normalized spacial score (nSPS) is 10.9. The second-order valence-corrected chi connectivity index (χ2v) is 2.98. The first kappa shape index (κ1) is 13.8. The highest BCUT2D eigenvalue weighted by atomic mass is 16.6. The molecule has 1 rings (SSSR count). The molecule has 0 heterocycles. The van der Waals surface area contributed by atoms with Crippen molar-refractivity contribution in [2.24, 2.45) is 5.73 Å². The largest absolute Gasteiger partial charge is 0.480 e. The van der Waals surface area contributed by atoms with Gasteiger partial charge in [-0.25, -0.2) is 0 Å². The molecule has 16 heavy (non-hydrogen) atoms. The van der Waals surface area contributed by atoms with Gasteiger partial charge in [-0.2, -0.15) is 0 Å². The lowest BCUT2D eigenvalue weighted by atomic mass is 10.3. The maximum Gasteiger partial charge on any atom is 0.320 e. The fourth-order valence-corrected chi connectivity index (χ4v) is 0.596. The van der Waals surface area contributed by atoms with Gasteiger partial charge in [0.15, 0.2) is 0 Å². The predicted molar refractivity (Wildman–Crippen MR) is 58.8 cm³/mol. The van der Waals surface area contributed by atoms with E-state index < -0.39 is 16.9 Å². The third-order valence-electron chi connectivity index (χ3n) is 1.49. The van der Waals surface area contributed by atoms with E-state index in [-0.39, 0.29) is 5.69 Å². The van der Waals surface area contributed by atoms with Gasteiger partial charge in [-0.05, 0) is 19.1 Å². The zero-order valence-corrected chi connectivity index (χ0v) is 8.66. The van der Waals surface area contributed by atoms with Crippen LogP contribution in [0.15, 0.2) is 24.3 Å². The summed E-state index contributed by atoms with van der Waals surface area (Å²) in [6.07, 6.45) is 0. The van der Waals surface area contributed by atoms with E-state index in [1.807, 2.05) is 0 Å². The molecule has 1 atom stereocenters. The minimum atomic E-state index is -0.963. The number of anilines is 1. The lowest BCUT2D eigenvalue weighted by Crippen LogP contribution is -2.25. The molecule has 0 bridgehead atoms. The van der Waals surface area contributed by atoms with E-state index in [1.54, 1.807) is 0 Å². The average Bonchev–Trinajstić information content (AvgIpc) is 2.19. The molecule has 0 aliphatic carbocycles. The van der Waals surface area contributed by atoms with E-state index in [0.717, 1.165) is 0 Å². The molecule has 0 fully saturated rings. The molecule has 0 saturated carbocycles. The molecule has 0 spiro atoms. The van der Waals surface area contributed by atoms with Crippen molar-refractivity contribution in [3.8, 4) is 0 Å². The van der Waals surface area contributed by atoms with E-state index >= 15 is 0 Å². The molecule has 1 aromatic carbocycles. The van der Waals surface area contributed by atoms with Crippen LogP contribution in [0, 0.1) is 10.1 Å². The van der Waals surface area contributed by atoms with Gasteiger partial charge in [-0.1, -0.05) is 0 Å². The molecule has 0 amide bonds. The zero-order chi connectivity index (χ0) is 12.7. The Balaban J connectivity index is 0.000000325. The molecule has 5 N–H and O–H groups in total. The number of carboxylic acid groups (broad SMARTS) is 1. The van der Waals surface area contributed by atoms with Crippen LogP contribution >= 0.6 is 0 Å². The lowest BCUT2D eigenvalue weighted by molar-refractivity contribution is -0.384. The van der Waals surface area contributed by atoms with E-state index in [1.165, 1.54) is 31.2 Å². The van der Waals surface area contributed by atoms with Crippen molar-refractivity contribution in [2.45, 2.75) is 13.0 Å². The highest BCUT2D eigenvalue weighted by Crippen LogP contribution is 2.11. The first-order chi connectivity index (χ1) is 7.34. The number of nitrogen functional groups attached to an aromatic ring is 1. The molecule has 0 aromatic heterocycles. The Labute approximate surface area is 91.8 Å². The van der Waals surface area contributed by atoms with Crippen molar-refractivity contribution in [2.75, 3.05) is 5.73 Å². The molecule has 88 valence electrons. The number of benzene rings is 1. The molecule has 0 aliphatic rings. The summed E-state index contributed by atoms with van der Waals surface area (Å²) in [5, 5.41) is 17.9. The summed E-state index contributed by atoms with van der Waals surface area (Å²) in [6.45, 7) is 1.42. The maximum atomic E-state index is 10.1. The number of nitro benzene ring substituents is 1. The number of carbonyl (C=O) groups is 1. The number of nitrogens with zero attached hydrogens (tertiary/aromatic N) is 1. The third-order valence-corrected chi connectivity index (χ3v) is 1.49. The van der Waals surface area contributed by atoms with Crippen LogP contribution in [0.4, 0.5) is 11.4 Å². The van der Waals surface area contributed by atoms with Crippen molar-refractivity contribution in [1.29, 1.82) is 0 Å². The van der Waals surface area contributed by atoms with Crippen LogP contribution in [0.1, 0.15) is 6.92 Å². The van der Waals surface area contributed by atoms with Crippen LogP contribution in [0.3, 0.4) is 0 Å². The van der Waals surface area contributed by atoms with Crippen molar-refractivity contribution < 1.29 is 14.8 Å². The van der Waals surface area contributed by atoms with Crippen LogP contribution in [0.5, 0.6) is 0 Å². The Morgan fingerprint density at radius 1 is 1.44 bits per heavy atom. The first-order valence-corrected chi connectivity index (χ1v) is 4.33. The molecular weight excluding hydrogens is 214 g/mol. The minimum Gasteiger partial charge on any atom is -0.480 e. The van der Waals surface area contributed by atoms with Crippen LogP contribution < -0.4 is 11.5 Å². The van der Waals surface area contributed by atoms with Crippen LogP contribution in [-0.2, 0) is 4.79 Å². The summed E-state index contributed by atoms with van der Waals surface area (Å²) in [5.41, 5.74) is 10.7.